The van der Waals surface area contributed by atoms with Crippen LogP contribution < -0.4 is 15.4 Å². The smallest absolute Gasteiger partial charge is 0.322 e. The summed E-state index contributed by atoms with van der Waals surface area (Å²) in [5.41, 5.74) is 0.809. The number of carboxylic acid groups (broad SMARTS) is 1. The van der Waals surface area contributed by atoms with Gasteiger partial charge in [-0.05, 0) is 42.5 Å². The Bertz CT molecular complexity index is 895. The average Bonchev–Trinajstić information content (AvgIpc) is 2.61. The molecule has 0 aliphatic rings. The first kappa shape index (κ1) is 20.1. The third-order valence-electron chi connectivity index (χ3n) is 3.25. The van der Waals surface area contributed by atoms with E-state index in [2.05, 4.69) is 26.6 Å². The van der Waals surface area contributed by atoms with Gasteiger partial charge in [-0.3, -0.25) is 19.2 Å². The van der Waals surface area contributed by atoms with Crippen molar-refractivity contribution in [1.29, 1.82) is 0 Å². The maximum atomic E-state index is 12.5. The van der Waals surface area contributed by atoms with Gasteiger partial charge in [0.05, 0.1) is 5.56 Å². The molecule has 0 fully saturated rings. The summed E-state index contributed by atoms with van der Waals surface area (Å²) in [6, 6.07) is 10.5. The van der Waals surface area contributed by atoms with E-state index >= 15 is 0 Å². The Morgan fingerprint density at radius 3 is 2.30 bits per heavy atom. The van der Waals surface area contributed by atoms with Crippen LogP contribution in [0.25, 0.3) is 0 Å². The molecule has 2 aromatic rings. The van der Waals surface area contributed by atoms with Crippen LogP contribution >= 0.6 is 15.9 Å². The molecule has 9 heteroatoms. The predicted octanol–water partition coefficient (Wildman–Crippen LogP) is 2.44. The number of amides is 2. The molecule has 0 aromatic heterocycles. The molecule has 0 unspecified atom stereocenters. The van der Waals surface area contributed by atoms with Gasteiger partial charge in [0, 0.05) is 22.6 Å². The van der Waals surface area contributed by atoms with Gasteiger partial charge in [-0.2, -0.15) is 0 Å². The van der Waals surface area contributed by atoms with E-state index in [4.69, 9.17) is 9.84 Å². The summed E-state index contributed by atoms with van der Waals surface area (Å²) >= 11 is 3.26. The SMILES string of the molecule is CC(=O)Oc1ccc(Br)cc1C(=O)Nc1ccc(C(=O)NCC(=O)O)cc1. The first-order valence-electron chi connectivity index (χ1n) is 7.65. The number of aliphatic carboxylic acids is 1. The zero-order chi connectivity index (χ0) is 20.0. The van der Waals surface area contributed by atoms with Gasteiger partial charge in [-0.1, -0.05) is 15.9 Å². The van der Waals surface area contributed by atoms with Gasteiger partial charge in [0.1, 0.15) is 12.3 Å². The van der Waals surface area contributed by atoms with E-state index in [0.717, 1.165) is 0 Å². The van der Waals surface area contributed by atoms with Crippen molar-refractivity contribution in [3.05, 3.63) is 58.1 Å². The second kappa shape index (κ2) is 8.95. The number of hydrogen-bond acceptors (Lipinski definition) is 5. The minimum atomic E-state index is -1.15. The van der Waals surface area contributed by atoms with Crippen molar-refractivity contribution >= 4 is 45.4 Å². The van der Waals surface area contributed by atoms with Crippen LogP contribution in [0.5, 0.6) is 5.75 Å². The summed E-state index contributed by atoms with van der Waals surface area (Å²) in [6.45, 7) is 0.747. The third kappa shape index (κ3) is 5.93. The van der Waals surface area contributed by atoms with E-state index < -0.39 is 30.3 Å². The number of anilines is 1. The predicted molar refractivity (Wildman–Crippen MR) is 99.8 cm³/mol. The first-order valence-corrected chi connectivity index (χ1v) is 8.45. The molecule has 2 aromatic carbocycles. The summed E-state index contributed by atoms with van der Waals surface area (Å²) in [4.78, 5) is 45.9. The lowest BCUT2D eigenvalue weighted by molar-refractivity contribution is -0.136. The molecule has 0 aliphatic carbocycles. The molecular weight excluding hydrogens is 420 g/mol. The van der Waals surface area contributed by atoms with Gasteiger partial charge >= 0.3 is 11.9 Å². The lowest BCUT2D eigenvalue weighted by Gasteiger charge is -2.11. The summed E-state index contributed by atoms with van der Waals surface area (Å²) < 4.78 is 5.67. The molecule has 0 aliphatic heterocycles. The fraction of sp³-hybridized carbons (Fsp3) is 0.111. The second-order valence-corrected chi connectivity index (χ2v) is 6.26. The largest absolute Gasteiger partial charge is 0.480 e. The van der Waals surface area contributed by atoms with Crippen molar-refractivity contribution in [1.82, 2.24) is 5.32 Å². The first-order chi connectivity index (χ1) is 12.8. The minimum Gasteiger partial charge on any atom is -0.480 e. The van der Waals surface area contributed by atoms with Crippen LogP contribution in [0.1, 0.15) is 27.6 Å². The summed E-state index contributed by atoms with van der Waals surface area (Å²) in [5.74, 6) is -2.63. The molecular formula is C18H15BrN2O6. The average molecular weight is 435 g/mol. The molecule has 0 saturated carbocycles. The van der Waals surface area contributed by atoms with Crippen LogP contribution in [0.15, 0.2) is 46.9 Å². The Balaban J connectivity index is 2.12. The minimum absolute atomic E-state index is 0.118. The molecule has 140 valence electrons. The molecule has 0 spiro atoms. The van der Waals surface area contributed by atoms with Crippen LogP contribution in [0.4, 0.5) is 5.69 Å². The van der Waals surface area contributed by atoms with Crippen molar-refractivity contribution in [2.45, 2.75) is 6.92 Å². The van der Waals surface area contributed by atoms with Gasteiger partial charge in [-0.15, -0.1) is 0 Å². The van der Waals surface area contributed by atoms with Gasteiger partial charge < -0.3 is 20.5 Å². The monoisotopic (exact) mass is 434 g/mol. The van der Waals surface area contributed by atoms with E-state index in [-0.39, 0.29) is 16.9 Å². The fourth-order valence-corrected chi connectivity index (χ4v) is 2.45. The molecule has 3 N–H and O–H groups in total. The van der Waals surface area contributed by atoms with E-state index in [1.807, 2.05) is 0 Å². The number of nitrogens with one attached hydrogen (secondary N) is 2. The van der Waals surface area contributed by atoms with E-state index in [1.165, 1.54) is 43.3 Å². The number of benzene rings is 2. The van der Waals surface area contributed by atoms with Crippen molar-refractivity contribution < 1.29 is 29.0 Å². The number of halogens is 1. The van der Waals surface area contributed by atoms with Gasteiger partial charge in [0.2, 0.25) is 0 Å². The zero-order valence-electron chi connectivity index (χ0n) is 14.1. The number of esters is 1. The molecule has 2 rings (SSSR count). The summed E-state index contributed by atoms with van der Waals surface area (Å²) in [5, 5.41) is 13.4. The highest BCUT2D eigenvalue weighted by atomic mass is 79.9. The van der Waals surface area contributed by atoms with Crippen LogP contribution in [0.2, 0.25) is 0 Å². The Hall–Kier alpha value is -3.20. The highest BCUT2D eigenvalue weighted by molar-refractivity contribution is 9.10. The topological polar surface area (TPSA) is 122 Å². The molecule has 8 nitrogen and oxygen atoms in total. The summed E-state index contributed by atoms with van der Waals surface area (Å²) in [6.07, 6.45) is 0. The molecule has 0 radical (unpaired) electrons. The second-order valence-electron chi connectivity index (χ2n) is 5.34. The summed E-state index contributed by atoms with van der Waals surface area (Å²) in [7, 11) is 0. The van der Waals surface area contributed by atoms with E-state index in [1.54, 1.807) is 6.07 Å². The zero-order valence-corrected chi connectivity index (χ0v) is 15.7. The van der Waals surface area contributed by atoms with Crippen LogP contribution in [0.3, 0.4) is 0 Å². The van der Waals surface area contributed by atoms with Crippen molar-refractivity contribution in [2.24, 2.45) is 0 Å². The van der Waals surface area contributed by atoms with Crippen LogP contribution in [-0.2, 0) is 9.59 Å². The molecule has 0 bridgehead atoms. The Labute approximate surface area is 162 Å². The van der Waals surface area contributed by atoms with Gasteiger partial charge in [-0.25, -0.2) is 0 Å². The Kier molecular flexibility index (Phi) is 6.67. The number of carbonyl (C=O) groups is 4. The fourth-order valence-electron chi connectivity index (χ4n) is 2.08. The van der Waals surface area contributed by atoms with Crippen molar-refractivity contribution in [3.8, 4) is 5.75 Å². The maximum absolute atomic E-state index is 12.5. The molecule has 0 atom stereocenters. The number of rotatable bonds is 6. The molecule has 0 heterocycles. The van der Waals surface area contributed by atoms with Crippen LogP contribution in [-0.4, -0.2) is 35.4 Å². The number of carboxylic acids is 1. The number of ether oxygens (including phenoxy) is 1. The van der Waals surface area contributed by atoms with Crippen molar-refractivity contribution in [2.75, 3.05) is 11.9 Å². The number of hydrogen-bond donors (Lipinski definition) is 3. The van der Waals surface area contributed by atoms with Crippen molar-refractivity contribution in [3.63, 3.8) is 0 Å². The quantitative estimate of drug-likeness (QED) is 0.474. The highest BCUT2D eigenvalue weighted by Gasteiger charge is 2.15. The van der Waals surface area contributed by atoms with Gasteiger partial charge in [0.25, 0.3) is 11.8 Å². The number of carbonyl (C=O) groups excluding carboxylic acids is 3. The molecule has 27 heavy (non-hydrogen) atoms. The maximum Gasteiger partial charge on any atom is 0.322 e. The lowest BCUT2D eigenvalue weighted by Crippen LogP contribution is -2.29. The Morgan fingerprint density at radius 1 is 1.04 bits per heavy atom. The van der Waals surface area contributed by atoms with Gasteiger partial charge in [0.15, 0.2) is 0 Å². The molecule has 0 saturated heterocycles. The van der Waals surface area contributed by atoms with E-state index in [9.17, 15) is 19.2 Å². The molecule has 2 amide bonds. The lowest BCUT2D eigenvalue weighted by atomic mass is 10.1. The Morgan fingerprint density at radius 2 is 1.70 bits per heavy atom. The van der Waals surface area contributed by atoms with Crippen LogP contribution in [0, 0.1) is 0 Å². The standard InChI is InChI=1S/C18H15BrN2O6/c1-10(22)27-15-7-4-12(19)8-14(15)18(26)21-13-5-2-11(3-6-13)17(25)20-9-16(23)24/h2-8H,9H2,1H3,(H,20,25)(H,21,26)(H,23,24). The highest BCUT2D eigenvalue weighted by Crippen LogP contribution is 2.24. The third-order valence-corrected chi connectivity index (χ3v) is 3.74. The van der Waals surface area contributed by atoms with E-state index in [0.29, 0.717) is 10.2 Å². The normalized spacial score (nSPS) is 10.0.